The summed E-state index contributed by atoms with van der Waals surface area (Å²) < 4.78 is 17.9. The van der Waals surface area contributed by atoms with Crippen LogP contribution >= 0.6 is 0 Å². The van der Waals surface area contributed by atoms with Gasteiger partial charge in [-0.05, 0) is 126 Å². The standard InChI is InChI=1S/C86H65B2N3O2/c1-85(2,3)58-47-75-81-79(49-58)93-78-53-74-69(52-70(78)87(81)67-41-21-24-44-73(67)90(75)83-61(54-27-11-7-12-28-54)37-25-38-62(83)55-29-13-8-14-30-55)88-68-46-45-60(89-71-42-22-19-35-65(71)66-36-20-23-43-72(66)89)51-77(68)92-80-50-59(86(4,5)6)48-76(82(80)88)91(74)84-63(56-31-15-9-16-32-56)39-26-40-64(84)57-33-17-10-18-34-57/h7-53H,1-6H3. The van der Waals surface area contributed by atoms with E-state index in [9.17, 15) is 0 Å². The van der Waals surface area contributed by atoms with Crippen molar-refractivity contribution in [2.45, 2.75) is 52.4 Å². The van der Waals surface area contributed by atoms with Gasteiger partial charge < -0.3 is 23.8 Å². The first kappa shape index (κ1) is 54.9. The minimum absolute atomic E-state index is 0.208. The summed E-state index contributed by atoms with van der Waals surface area (Å²) in [6.45, 7) is 13.5. The molecule has 0 fully saturated rings. The molecule has 0 bridgehead atoms. The van der Waals surface area contributed by atoms with Gasteiger partial charge in [-0.2, -0.15) is 0 Å². The Morgan fingerprint density at radius 2 is 0.699 bits per heavy atom. The quantitative estimate of drug-likeness (QED) is 0.149. The van der Waals surface area contributed by atoms with Crippen molar-refractivity contribution in [3.8, 4) is 73.2 Å². The number of anilines is 6. The van der Waals surface area contributed by atoms with Crippen molar-refractivity contribution in [1.29, 1.82) is 0 Å². The molecule has 0 atom stereocenters. The lowest BCUT2D eigenvalue weighted by Gasteiger charge is -2.45. The third-order valence-electron chi connectivity index (χ3n) is 20.0. The number of nitrogens with zero attached hydrogens (tertiary/aromatic N) is 3. The second-order valence-electron chi connectivity index (χ2n) is 27.5. The van der Waals surface area contributed by atoms with Crippen LogP contribution in [0.2, 0.25) is 0 Å². The highest BCUT2D eigenvalue weighted by Gasteiger charge is 2.49. The summed E-state index contributed by atoms with van der Waals surface area (Å²) in [5, 5.41) is 2.44. The average Bonchev–Trinajstić information content (AvgIpc) is 1.12. The number of rotatable bonds is 7. The SMILES string of the molecule is CC(C)(C)c1cc2c3c(c1)N(c1c(-c4ccccc4)cccc1-c1ccccc1)c1ccccc1B3c1cc3c(cc1O2)N(c1c(-c2ccccc2)cccc1-c1ccccc1)c1cc(C(C)(C)C)cc2c1B3c1ccc(-n3c4ccccc4c4ccccc43)cc1O2. The van der Waals surface area contributed by atoms with E-state index in [1.165, 1.54) is 32.8 Å². The van der Waals surface area contributed by atoms with Gasteiger partial charge in [0.05, 0.1) is 22.4 Å². The molecule has 0 aliphatic carbocycles. The van der Waals surface area contributed by atoms with Gasteiger partial charge in [0.25, 0.3) is 13.4 Å². The predicted molar refractivity (Wildman–Crippen MR) is 392 cm³/mol. The molecule has 0 N–H and O–H groups in total. The van der Waals surface area contributed by atoms with Crippen LogP contribution in [0.25, 0.3) is 72.0 Å². The van der Waals surface area contributed by atoms with Crippen molar-refractivity contribution in [3.63, 3.8) is 0 Å². The molecule has 0 saturated carbocycles. The number of ether oxygens (including phenoxy) is 2. The predicted octanol–water partition coefficient (Wildman–Crippen LogP) is 18.9. The number of hydrogen-bond acceptors (Lipinski definition) is 4. The molecule has 0 amide bonds. The monoisotopic (exact) mass is 1190 g/mol. The highest BCUT2D eigenvalue weighted by molar-refractivity contribution is 7.02. The summed E-state index contributed by atoms with van der Waals surface area (Å²) in [5.74, 6) is 3.43. The zero-order valence-corrected chi connectivity index (χ0v) is 52.9. The van der Waals surface area contributed by atoms with Gasteiger partial charge >= 0.3 is 0 Å². The van der Waals surface area contributed by atoms with Gasteiger partial charge in [0, 0.05) is 73.6 Å². The molecule has 14 aromatic rings. The summed E-state index contributed by atoms with van der Waals surface area (Å²) >= 11 is 0. The lowest BCUT2D eigenvalue weighted by molar-refractivity contribution is 0.482. The average molecular weight is 1190 g/mol. The van der Waals surface area contributed by atoms with Crippen LogP contribution in [0.15, 0.2) is 285 Å². The van der Waals surface area contributed by atoms with E-state index in [-0.39, 0.29) is 24.3 Å². The second-order valence-corrected chi connectivity index (χ2v) is 27.5. The summed E-state index contributed by atoms with van der Waals surface area (Å²) in [7, 11) is 0. The highest BCUT2D eigenvalue weighted by Crippen LogP contribution is 2.53. The molecule has 5 heterocycles. The Balaban J connectivity index is 0.937. The molecule has 0 spiro atoms. The van der Waals surface area contributed by atoms with Crippen molar-refractivity contribution in [1.82, 2.24) is 4.57 Å². The van der Waals surface area contributed by atoms with Crippen LogP contribution in [0.3, 0.4) is 0 Å². The molecule has 442 valence electrons. The molecular weight excluding hydrogens is 1130 g/mol. The van der Waals surface area contributed by atoms with Gasteiger partial charge in [-0.15, -0.1) is 0 Å². The summed E-state index contributed by atoms with van der Waals surface area (Å²) in [6, 6.07) is 105. The Morgan fingerprint density at radius 3 is 1.17 bits per heavy atom. The smallest absolute Gasteiger partial charge is 0.256 e. The molecular formula is C86H65B2N3O2. The number of para-hydroxylation sites is 5. The molecule has 0 saturated heterocycles. The van der Waals surface area contributed by atoms with E-state index < -0.39 is 0 Å². The first-order valence-electron chi connectivity index (χ1n) is 32.6. The van der Waals surface area contributed by atoms with Crippen LogP contribution in [0.5, 0.6) is 23.0 Å². The molecule has 7 heteroatoms. The van der Waals surface area contributed by atoms with Gasteiger partial charge in [0.15, 0.2) is 0 Å². The molecule has 13 aromatic carbocycles. The topological polar surface area (TPSA) is 29.9 Å². The lowest BCUT2D eigenvalue weighted by Crippen LogP contribution is -2.63. The Morgan fingerprint density at radius 1 is 0.290 bits per heavy atom. The van der Waals surface area contributed by atoms with E-state index in [4.69, 9.17) is 9.47 Å². The molecule has 93 heavy (non-hydrogen) atoms. The van der Waals surface area contributed by atoms with Crippen molar-refractivity contribution in [3.05, 3.63) is 296 Å². The van der Waals surface area contributed by atoms with Crippen LogP contribution in [-0.4, -0.2) is 18.0 Å². The van der Waals surface area contributed by atoms with E-state index in [0.717, 1.165) is 140 Å². The van der Waals surface area contributed by atoms with Gasteiger partial charge in [-0.3, -0.25) is 0 Å². The van der Waals surface area contributed by atoms with Crippen molar-refractivity contribution in [2.75, 3.05) is 9.80 Å². The second kappa shape index (κ2) is 20.8. The molecule has 1 aromatic heterocycles. The summed E-state index contributed by atoms with van der Waals surface area (Å²) in [4.78, 5) is 5.16. The van der Waals surface area contributed by atoms with Crippen molar-refractivity contribution < 1.29 is 9.47 Å². The maximum atomic E-state index is 7.86. The van der Waals surface area contributed by atoms with Gasteiger partial charge in [0.2, 0.25) is 0 Å². The zero-order valence-electron chi connectivity index (χ0n) is 52.9. The molecule has 4 aliphatic rings. The molecule has 4 aliphatic heterocycles. The van der Waals surface area contributed by atoms with E-state index in [0.29, 0.717) is 0 Å². The maximum Gasteiger partial charge on any atom is 0.256 e. The first-order chi connectivity index (χ1) is 45.4. The Bertz CT molecular complexity index is 5210. The minimum Gasteiger partial charge on any atom is -0.458 e. The first-order valence-corrected chi connectivity index (χ1v) is 32.6. The third kappa shape index (κ3) is 8.56. The van der Waals surface area contributed by atoms with Crippen molar-refractivity contribution >= 4 is 102 Å². The molecule has 5 nitrogen and oxygen atoms in total. The number of hydrogen-bond donors (Lipinski definition) is 0. The van der Waals surface area contributed by atoms with Gasteiger partial charge in [-0.1, -0.05) is 266 Å². The number of fused-ring (bicyclic) bond motifs is 11. The molecule has 18 rings (SSSR count). The zero-order chi connectivity index (χ0) is 62.4. The van der Waals surface area contributed by atoms with E-state index in [1.54, 1.807) is 0 Å². The van der Waals surface area contributed by atoms with Crippen LogP contribution in [0.1, 0.15) is 52.7 Å². The number of aromatic nitrogens is 1. The highest BCUT2D eigenvalue weighted by atomic mass is 16.5. The fraction of sp³-hybridized carbons (Fsp3) is 0.0930. The van der Waals surface area contributed by atoms with Crippen LogP contribution in [0, 0.1) is 0 Å². The Hall–Kier alpha value is -11.0. The number of benzene rings is 13. The fourth-order valence-electron chi connectivity index (χ4n) is 15.6. The normalized spacial score (nSPS) is 13.4. The Labute approximate surface area is 544 Å². The van der Waals surface area contributed by atoms with Gasteiger partial charge in [0.1, 0.15) is 23.0 Å². The largest absolute Gasteiger partial charge is 0.458 e. The maximum absolute atomic E-state index is 7.86. The summed E-state index contributed by atoms with van der Waals surface area (Å²) in [5.41, 5.74) is 28.0. The molecule has 0 radical (unpaired) electrons. The van der Waals surface area contributed by atoms with Crippen LogP contribution in [-0.2, 0) is 10.8 Å². The minimum atomic E-state index is -0.250. The fourth-order valence-corrected chi connectivity index (χ4v) is 15.6. The van der Waals surface area contributed by atoms with Gasteiger partial charge in [-0.25, -0.2) is 0 Å². The van der Waals surface area contributed by atoms with Crippen LogP contribution < -0.4 is 52.1 Å². The third-order valence-corrected chi connectivity index (χ3v) is 20.0. The molecule has 0 unspecified atom stereocenters. The Kier molecular flexibility index (Phi) is 12.3. The summed E-state index contributed by atoms with van der Waals surface area (Å²) in [6.07, 6.45) is 0. The van der Waals surface area contributed by atoms with E-state index >= 15 is 0 Å². The van der Waals surface area contributed by atoms with Crippen molar-refractivity contribution in [2.24, 2.45) is 0 Å². The lowest BCUT2D eigenvalue weighted by atomic mass is 9.31. The van der Waals surface area contributed by atoms with Crippen LogP contribution in [0.4, 0.5) is 34.1 Å². The van der Waals surface area contributed by atoms with E-state index in [2.05, 4.69) is 341 Å². The van der Waals surface area contributed by atoms with E-state index in [1.807, 2.05) is 0 Å².